The van der Waals surface area contributed by atoms with E-state index in [1.807, 2.05) is 29.9 Å². The van der Waals surface area contributed by atoms with Crippen LogP contribution in [-0.4, -0.2) is 38.6 Å². The monoisotopic (exact) mass is 469 g/mol. The van der Waals surface area contributed by atoms with Crippen molar-refractivity contribution in [1.82, 2.24) is 14.5 Å². The summed E-state index contributed by atoms with van der Waals surface area (Å²) in [5.74, 6) is -0.974. The van der Waals surface area contributed by atoms with Crippen molar-refractivity contribution in [3.63, 3.8) is 0 Å². The Kier molecular flexibility index (Phi) is 6.66. The summed E-state index contributed by atoms with van der Waals surface area (Å²) in [7, 11) is 0. The predicted octanol–water partition coefficient (Wildman–Crippen LogP) is 4.82. The molecule has 0 fully saturated rings. The number of ether oxygens (including phenoxy) is 1. The van der Waals surface area contributed by atoms with E-state index >= 15 is 0 Å². The van der Waals surface area contributed by atoms with Crippen molar-refractivity contribution < 1.29 is 18.7 Å². The zero-order valence-corrected chi connectivity index (χ0v) is 19.1. The van der Waals surface area contributed by atoms with E-state index in [2.05, 4.69) is 9.97 Å². The average molecular weight is 470 g/mol. The topological polar surface area (TPSA) is 74.1 Å². The minimum atomic E-state index is -0.481. The molecule has 0 spiro atoms. The molecule has 164 valence electrons. The maximum atomic E-state index is 13.1. The summed E-state index contributed by atoms with van der Waals surface area (Å²) in [5.41, 5.74) is 3.13. The molecule has 0 aliphatic carbocycles. The lowest BCUT2D eigenvalue weighted by Crippen LogP contribution is -2.16. The van der Waals surface area contributed by atoms with E-state index in [1.165, 1.54) is 41.6 Å². The van der Waals surface area contributed by atoms with Gasteiger partial charge < -0.3 is 9.30 Å². The van der Waals surface area contributed by atoms with Gasteiger partial charge in [0.15, 0.2) is 6.61 Å². The van der Waals surface area contributed by atoms with Crippen LogP contribution in [0.15, 0.2) is 53.1 Å². The maximum absolute atomic E-state index is 13.1. The van der Waals surface area contributed by atoms with Crippen LogP contribution in [0.1, 0.15) is 27.3 Å². The van der Waals surface area contributed by atoms with Gasteiger partial charge in [0.25, 0.3) is 0 Å². The van der Waals surface area contributed by atoms with Gasteiger partial charge in [-0.05, 0) is 49.1 Å². The number of halogens is 1. The van der Waals surface area contributed by atoms with Crippen LogP contribution in [0.5, 0.6) is 0 Å². The Morgan fingerprint density at radius 2 is 1.94 bits per heavy atom. The summed E-state index contributed by atoms with van der Waals surface area (Å²) in [6.45, 7) is 3.96. The number of Topliss-reactive ketones (excluding diaryl/α,β-unsaturated/α-hetero) is 1. The number of aromatic nitrogens is 3. The molecule has 4 rings (SSSR count). The van der Waals surface area contributed by atoms with Crippen LogP contribution >= 0.6 is 23.1 Å². The molecule has 0 aliphatic rings. The summed E-state index contributed by atoms with van der Waals surface area (Å²) < 4.78 is 20.3. The quantitative estimate of drug-likeness (QED) is 0.160. The molecule has 9 heteroatoms. The van der Waals surface area contributed by atoms with E-state index < -0.39 is 5.97 Å². The molecule has 0 amide bonds. The Balaban J connectivity index is 1.35. The Morgan fingerprint density at radius 1 is 1.16 bits per heavy atom. The van der Waals surface area contributed by atoms with E-state index in [0.29, 0.717) is 17.1 Å². The molecule has 4 aromatic rings. The predicted molar refractivity (Wildman–Crippen MR) is 123 cm³/mol. The van der Waals surface area contributed by atoms with Crippen LogP contribution in [0.3, 0.4) is 0 Å². The largest absolute Gasteiger partial charge is 0.457 e. The second-order valence-electron chi connectivity index (χ2n) is 7.19. The minimum absolute atomic E-state index is 0.0544. The fourth-order valence-corrected chi connectivity index (χ4v) is 4.95. The zero-order chi connectivity index (χ0) is 22.7. The molecule has 0 atom stereocenters. The normalized spacial score (nSPS) is 11.1. The lowest BCUT2D eigenvalue weighted by atomic mass is 10.1. The molecular formula is C23H20FN3O3S2. The Labute approximate surface area is 192 Å². The van der Waals surface area contributed by atoms with Gasteiger partial charge in [-0.15, -0.1) is 11.3 Å². The summed E-state index contributed by atoms with van der Waals surface area (Å²) in [6.07, 6.45) is 1.47. The van der Waals surface area contributed by atoms with Crippen LogP contribution in [-0.2, 0) is 16.1 Å². The summed E-state index contributed by atoms with van der Waals surface area (Å²) in [5, 5.41) is 3.54. The third-order valence-electron chi connectivity index (χ3n) is 5.04. The second-order valence-corrected chi connectivity index (χ2v) is 9.05. The van der Waals surface area contributed by atoms with Crippen molar-refractivity contribution in [1.29, 1.82) is 0 Å². The number of carbonyl (C=O) groups excluding carboxylic acids is 2. The first kappa shape index (κ1) is 22.2. The molecular weight excluding hydrogens is 449 g/mol. The number of benzene rings is 1. The highest BCUT2D eigenvalue weighted by Gasteiger charge is 2.18. The molecule has 3 heterocycles. The summed E-state index contributed by atoms with van der Waals surface area (Å²) in [4.78, 5) is 34.1. The Hall–Kier alpha value is -3.04. The smallest absolute Gasteiger partial charge is 0.316 e. The van der Waals surface area contributed by atoms with Crippen LogP contribution in [0.4, 0.5) is 4.39 Å². The van der Waals surface area contributed by atoms with Crippen LogP contribution in [0.2, 0.25) is 0 Å². The number of hydrogen-bond donors (Lipinski definition) is 0. The molecule has 0 N–H and O–H groups in total. The third-order valence-corrected chi connectivity index (χ3v) is 6.84. The number of carbonyl (C=O) groups is 2. The highest BCUT2D eigenvalue weighted by Crippen LogP contribution is 2.27. The average Bonchev–Trinajstić information content (AvgIpc) is 3.38. The van der Waals surface area contributed by atoms with Gasteiger partial charge in [-0.2, -0.15) is 0 Å². The molecule has 32 heavy (non-hydrogen) atoms. The molecule has 0 unspecified atom stereocenters. The molecule has 0 aliphatic heterocycles. The molecule has 1 aromatic carbocycles. The Morgan fingerprint density at radius 3 is 2.72 bits per heavy atom. The van der Waals surface area contributed by atoms with Crippen molar-refractivity contribution in [2.24, 2.45) is 0 Å². The van der Waals surface area contributed by atoms with Gasteiger partial charge in [-0.1, -0.05) is 23.9 Å². The van der Waals surface area contributed by atoms with Gasteiger partial charge in [0.2, 0.25) is 5.78 Å². The fourth-order valence-electron chi connectivity index (χ4n) is 3.37. The number of thioether (sulfide) groups is 1. The summed E-state index contributed by atoms with van der Waals surface area (Å²) in [6, 6.07) is 9.97. The highest BCUT2D eigenvalue weighted by molar-refractivity contribution is 8.00. The zero-order valence-electron chi connectivity index (χ0n) is 17.5. The first-order chi connectivity index (χ1) is 15.4. The van der Waals surface area contributed by atoms with E-state index in [-0.39, 0.29) is 24.0 Å². The minimum Gasteiger partial charge on any atom is -0.457 e. The molecule has 0 bridgehead atoms. The lowest BCUT2D eigenvalue weighted by Gasteiger charge is -2.10. The maximum Gasteiger partial charge on any atom is 0.316 e. The SMILES string of the molecule is Cc1cc(C(=O)COC(=O)CSc2ncnc3sccc23)c(C)n1Cc1ccc(F)cc1. The van der Waals surface area contributed by atoms with E-state index in [1.54, 1.807) is 18.2 Å². The van der Waals surface area contributed by atoms with Crippen molar-refractivity contribution >= 4 is 45.1 Å². The second kappa shape index (κ2) is 9.62. The number of nitrogens with zero attached hydrogens (tertiary/aromatic N) is 3. The standard InChI is InChI=1S/C23H20FN3O3S2/c1-14-9-19(15(2)27(14)10-16-3-5-17(24)6-4-16)20(28)11-30-21(29)12-32-23-18-7-8-31-22(18)25-13-26-23/h3-9,13H,10-12H2,1-2H3. The van der Waals surface area contributed by atoms with Gasteiger partial charge in [0.1, 0.15) is 22.0 Å². The van der Waals surface area contributed by atoms with Crippen molar-refractivity contribution in [2.75, 3.05) is 12.4 Å². The molecule has 6 nitrogen and oxygen atoms in total. The number of aryl methyl sites for hydroxylation is 1. The van der Waals surface area contributed by atoms with Gasteiger partial charge in [-0.3, -0.25) is 9.59 Å². The van der Waals surface area contributed by atoms with Crippen LogP contribution < -0.4 is 0 Å². The van der Waals surface area contributed by atoms with E-state index in [4.69, 9.17) is 4.74 Å². The van der Waals surface area contributed by atoms with E-state index in [9.17, 15) is 14.0 Å². The molecule has 0 saturated heterocycles. The molecule has 0 saturated carbocycles. The van der Waals surface area contributed by atoms with Crippen molar-refractivity contribution in [2.45, 2.75) is 25.4 Å². The van der Waals surface area contributed by atoms with Crippen molar-refractivity contribution in [3.05, 3.63) is 76.4 Å². The van der Waals surface area contributed by atoms with E-state index in [0.717, 1.165) is 27.2 Å². The first-order valence-electron chi connectivity index (χ1n) is 9.83. The molecule has 3 aromatic heterocycles. The number of fused-ring (bicyclic) bond motifs is 1. The van der Waals surface area contributed by atoms with Crippen LogP contribution in [0, 0.1) is 19.7 Å². The third kappa shape index (κ3) is 4.89. The number of hydrogen-bond acceptors (Lipinski definition) is 7. The van der Waals surface area contributed by atoms with Gasteiger partial charge in [0, 0.05) is 28.9 Å². The fraction of sp³-hybridized carbons (Fsp3) is 0.217. The molecule has 0 radical (unpaired) electrons. The number of thiophene rings is 1. The number of esters is 1. The number of ketones is 1. The van der Waals surface area contributed by atoms with Gasteiger partial charge in [0.05, 0.1) is 5.75 Å². The Bertz CT molecular complexity index is 1280. The van der Waals surface area contributed by atoms with Crippen molar-refractivity contribution in [3.8, 4) is 0 Å². The summed E-state index contributed by atoms with van der Waals surface area (Å²) >= 11 is 2.77. The highest BCUT2D eigenvalue weighted by atomic mass is 32.2. The number of rotatable bonds is 8. The van der Waals surface area contributed by atoms with Gasteiger partial charge in [-0.25, -0.2) is 14.4 Å². The lowest BCUT2D eigenvalue weighted by molar-refractivity contribution is -0.139. The van der Waals surface area contributed by atoms with Crippen LogP contribution in [0.25, 0.3) is 10.2 Å². The van der Waals surface area contributed by atoms with Gasteiger partial charge >= 0.3 is 5.97 Å². The first-order valence-corrected chi connectivity index (χ1v) is 11.7.